The second-order valence-electron chi connectivity index (χ2n) is 10.7. The molecule has 188 valence electrons. The van der Waals surface area contributed by atoms with Crippen LogP contribution in [0.15, 0.2) is 133 Å². The number of nitrogens with zero attached hydrogens (tertiary/aromatic N) is 3. The third kappa shape index (κ3) is 2.79. The molecule has 0 N–H and O–H groups in total. The van der Waals surface area contributed by atoms with Crippen molar-refractivity contribution in [2.75, 3.05) is 0 Å². The predicted octanol–water partition coefficient (Wildman–Crippen LogP) is 9.53. The first-order valence-electron chi connectivity index (χ1n) is 13.8. The SMILES string of the molecule is Cn1c2ccc(-n3c4ccccc4c4ccccc43)cc2c2cc3c4ccccc4n(-c4ccccc4)c3cc21. The Balaban J connectivity index is 1.38. The normalized spacial score (nSPS) is 12.1. The lowest BCUT2D eigenvalue weighted by atomic mass is 10.1. The molecule has 0 fully saturated rings. The summed E-state index contributed by atoms with van der Waals surface area (Å²) in [5.41, 5.74) is 9.77. The Labute approximate surface area is 230 Å². The highest BCUT2D eigenvalue weighted by Crippen LogP contribution is 2.39. The lowest BCUT2D eigenvalue weighted by Crippen LogP contribution is -1.94. The van der Waals surface area contributed by atoms with E-state index in [9.17, 15) is 0 Å². The zero-order chi connectivity index (χ0) is 26.4. The first kappa shape index (κ1) is 21.6. The maximum atomic E-state index is 2.41. The van der Waals surface area contributed by atoms with Gasteiger partial charge in [-0.2, -0.15) is 0 Å². The van der Waals surface area contributed by atoms with Gasteiger partial charge in [-0.1, -0.05) is 72.8 Å². The Bertz CT molecular complexity index is 2380. The summed E-state index contributed by atoms with van der Waals surface area (Å²) in [6, 6.07) is 48.6. The topological polar surface area (TPSA) is 14.8 Å². The average molecular weight is 512 g/mol. The minimum atomic E-state index is 1.18. The molecule has 0 saturated heterocycles. The van der Waals surface area contributed by atoms with Gasteiger partial charge in [-0.05, 0) is 60.7 Å². The first-order valence-corrected chi connectivity index (χ1v) is 13.8. The number of benzene rings is 6. The van der Waals surface area contributed by atoms with Crippen LogP contribution in [-0.4, -0.2) is 13.7 Å². The summed E-state index contributed by atoms with van der Waals surface area (Å²) in [6.45, 7) is 0. The van der Waals surface area contributed by atoms with Crippen LogP contribution in [0.25, 0.3) is 76.8 Å². The van der Waals surface area contributed by atoms with Crippen molar-refractivity contribution in [1.82, 2.24) is 13.7 Å². The summed E-state index contributed by atoms with van der Waals surface area (Å²) in [5, 5.41) is 7.68. The number of para-hydroxylation sites is 4. The van der Waals surface area contributed by atoms with E-state index in [0.29, 0.717) is 0 Å². The fourth-order valence-electron chi connectivity index (χ4n) is 6.85. The van der Waals surface area contributed by atoms with Crippen LogP contribution in [0.3, 0.4) is 0 Å². The highest BCUT2D eigenvalue weighted by molar-refractivity contribution is 6.19. The van der Waals surface area contributed by atoms with E-state index in [0.717, 1.165) is 0 Å². The minimum absolute atomic E-state index is 1.18. The highest BCUT2D eigenvalue weighted by atomic mass is 15.0. The molecule has 9 aromatic rings. The van der Waals surface area contributed by atoms with Gasteiger partial charge in [-0.15, -0.1) is 0 Å². The van der Waals surface area contributed by atoms with Crippen LogP contribution in [0, 0.1) is 0 Å². The van der Waals surface area contributed by atoms with E-state index in [4.69, 9.17) is 0 Å². The van der Waals surface area contributed by atoms with Gasteiger partial charge in [-0.25, -0.2) is 0 Å². The van der Waals surface area contributed by atoms with Gasteiger partial charge in [0.15, 0.2) is 0 Å². The maximum Gasteiger partial charge on any atom is 0.0562 e. The van der Waals surface area contributed by atoms with Crippen molar-refractivity contribution in [2.45, 2.75) is 0 Å². The van der Waals surface area contributed by atoms with Gasteiger partial charge in [0.05, 0.1) is 27.6 Å². The smallest absolute Gasteiger partial charge is 0.0562 e. The predicted molar refractivity (Wildman–Crippen MR) is 169 cm³/mol. The van der Waals surface area contributed by atoms with Crippen molar-refractivity contribution in [3.63, 3.8) is 0 Å². The number of hydrogen-bond donors (Lipinski definition) is 0. The number of hydrogen-bond acceptors (Lipinski definition) is 0. The summed E-state index contributed by atoms with van der Waals surface area (Å²) in [7, 11) is 2.19. The second kappa shape index (κ2) is 7.87. The van der Waals surface area contributed by atoms with Crippen molar-refractivity contribution >= 4 is 65.4 Å². The maximum absolute atomic E-state index is 2.41. The molecule has 9 rings (SSSR count). The Morgan fingerprint density at radius 3 is 1.48 bits per heavy atom. The lowest BCUT2D eigenvalue weighted by molar-refractivity contribution is 1.01. The molecular weight excluding hydrogens is 486 g/mol. The molecule has 0 unspecified atom stereocenters. The zero-order valence-corrected chi connectivity index (χ0v) is 22.0. The fraction of sp³-hybridized carbons (Fsp3) is 0.0270. The van der Waals surface area contributed by atoms with Gasteiger partial charge in [-0.3, -0.25) is 0 Å². The summed E-state index contributed by atoms with van der Waals surface area (Å²) in [6.07, 6.45) is 0. The van der Waals surface area contributed by atoms with Gasteiger partial charge in [0.2, 0.25) is 0 Å². The minimum Gasteiger partial charge on any atom is -0.344 e. The van der Waals surface area contributed by atoms with E-state index >= 15 is 0 Å². The van der Waals surface area contributed by atoms with E-state index in [2.05, 4.69) is 154 Å². The summed E-state index contributed by atoms with van der Waals surface area (Å²) < 4.78 is 7.14. The van der Waals surface area contributed by atoms with Crippen molar-refractivity contribution in [3.8, 4) is 11.4 Å². The average Bonchev–Trinajstić information content (AvgIpc) is 3.62. The Morgan fingerprint density at radius 2 is 0.825 bits per heavy atom. The molecule has 0 amide bonds. The van der Waals surface area contributed by atoms with Gasteiger partial charge >= 0.3 is 0 Å². The van der Waals surface area contributed by atoms with E-state index in [1.54, 1.807) is 0 Å². The summed E-state index contributed by atoms with van der Waals surface area (Å²) in [5.74, 6) is 0. The van der Waals surface area contributed by atoms with Crippen molar-refractivity contribution in [2.24, 2.45) is 7.05 Å². The molecule has 40 heavy (non-hydrogen) atoms. The van der Waals surface area contributed by atoms with E-state index in [1.165, 1.54) is 76.8 Å². The molecule has 6 aromatic carbocycles. The monoisotopic (exact) mass is 511 g/mol. The molecule has 0 aliphatic carbocycles. The molecule has 0 bridgehead atoms. The molecule has 0 saturated carbocycles. The largest absolute Gasteiger partial charge is 0.344 e. The summed E-state index contributed by atoms with van der Waals surface area (Å²) >= 11 is 0. The van der Waals surface area contributed by atoms with E-state index in [1.807, 2.05) is 0 Å². The Hall–Kier alpha value is -5.28. The van der Waals surface area contributed by atoms with E-state index in [-0.39, 0.29) is 0 Å². The molecular formula is C37H25N3. The highest BCUT2D eigenvalue weighted by Gasteiger charge is 2.18. The van der Waals surface area contributed by atoms with E-state index < -0.39 is 0 Å². The number of aryl methyl sites for hydroxylation is 1. The molecule has 3 nitrogen and oxygen atoms in total. The van der Waals surface area contributed by atoms with Crippen molar-refractivity contribution in [3.05, 3.63) is 133 Å². The van der Waals surface area contributed by atoms with Crippen LogP contribution in [0.4, 0.5) is 0 Å². The lowest BCUT2D eigenvalue weighted by Gasteiger charge is -2.08. The van der Waals surface area contributed by atoms with Crippen LogP contribution in [0.5, 0.6) is 0 Å². The Morgan fingerprint density at radius 1 is 0.325 bits per heavy atom. The van der Waals surface area contributed by atoms with Gasteiger partial charge in [0.25, 0.3) is 0 Å². The zero-order valence-electron chi connectivity index (χ0n) is 22.0. The quantitative estimate of drug-likeness (QED) is 0.219. The van der Waals surface area contributed by atoms with Crippen molar-refractivity contribution in [1.29, 1.82) is 0 Å². The molecule has 0 radical (unpaired) electrons. The molecule has 0 aliphatic heterocycles. The van der Waals surface area contributed by atoms with Crippen LogP contribution in [0.2, 0.25) is 0 Å². The number of rotatable bonds is 2. The fourth-order valence-corrected chi connectivity index (χ4v) is 6.85. The number of aromatic nitrogens is 3. The molecule has 3 heteroatoms. The third-order valence-corrected chi connectivity index (χ3v) is 8.64. The molecule has 3 heterocycles. The van der Waals surface area contributed by atoms with Gasteiger partial charge in [0, 0.05) is 56.3 Å². The molecule has 3 aromatic heterocycles. The van der Waals surface area contributed by atoms with Crippen molar-refractivity contribution < 1.29 is 0 Å². The Kier molecular flexibility index (Phi) is 4.26. The number of fused-ring (bicyclic) bond motifs is 9. The van der Waals surface area contributed by atoms with Gasteiger partial charge < -0.3 is 13.7 Å². The van der Waals surface area contributed by atoms with Gasteiger partial charge in [0.1, 0.15) is 0 Å². The van der Waals surface area contributed by atoms with Crippen LogP contribution >= 0.6 is 0 Å². The summed E-state index contributed by atoms with van der Waals surface area (Å²) in [4.78, 5) is 0. The van der Waals surface area contributed by atoms with Crippen LogP contribution in [-0.2, 0) is 7.05 Å². The molecule has 0 atom stereocenters. The molecule has 0 spiro atoms. The van der Waals surface area contributed by atoms with Crippen LogP contribution < -0.4 is 0 Å². The second-order valence-corrected chi connectivity index (χ2v) is 10.7. The van der Waals surface area contributed by atoms with Crippen LogP contribution in [0.1, 0.15) is 0 Å². The standard InChI is InChI=1S/C37H25N3/c1-38-32-20-19-25(40-33-16-8-5-13-26(33)27-14-6-9-17-34(27)40)21-29(32)31-22-30-28-15-7-10-18-35(28)39(37(30)23-36(31)38)24-11-3-2-4-12-24/h2-23H,1H3. The molecule has 0 aliphatic rings. The third-order valence-electron chi connectivity index (χ3n) is 8.64. The first-order chi connectivity index (χ1) is 19.8.